The van der Waals surface area contributed by atoms with Gasteiger partial charge in [-0.05, 0) is 6.42 Å². The Labute approximate surface area is 247 Å². The van der Waals surface area contributed by atoms with Crippen LogP contribution in [-0.2, 0) is 33.2 Å². The lowest BCUT2D eigenvalue weighted by molar-refractivity contribution is -0.311. The van der Waals surface area contributed by atoms with E-state index >= 15 is 0 Å². The second-order valence-corrected chi connectivity index (χ2v) is 11.4. The maximum absolute atomic E-state index is 11.1. The Morgan fingerprint density at radius 3 is 1.60 bits per heavy atom. The van der Waals surface area contributed by atoms with Crippen molar-refractivity contribution in [2.75, 3.05) is 26.9 Å². The third-order valence-electron chi connectivity index (χ3n) is 8.57. The highest BCUT2D eigenvalue weighted by atomic mass is 16.8. The van der Waals surface area contributed by atoms with Gasteiger partial charge in [-0.25, -0.2) is 0 Å². The average Bonchev–Trinajstić information content (AvgIpc) is 3.33. The Morgan fingerprint density at radius 1 is 0.581 bits per heavy atom. The molecule has 19 nitrogen and oxygen atoms in total. The van der Waals surface area contributed by atoms with E-state index in [2.05, 4.69) is 0 Å². The fourth-order valence-corrected chi connectivity index (χ4v) is 5.93. The lowest BCUT2D eigenvalue weighted by Gasteiger charge is -2.47. The molecule has 0 bridgehead atoms. The zero-order valence-electron chi connectivity index (χ0n) is 23.7. The van der Waals surface area contributed by atoms with E-state index in [0.29, 0.717) is 0 Å². The highest BCUT2D eigenvalue weighted by Gasteiger charge is 2.55. The van der Waals surface area contributed by atoms with Crippen molar-refractivity contribution in [2.24, 2.45) is 28.7 Å². The summed E-state index contributed by atoms with van der Waals surface area (Å²) < 4.78 is 40.9. The first-order valence-electron chi connectivity index (χ1n) is 14.2. The molecule has 8 unspecified atom stereocenters. The Hall–Kier alpha value is -0.760. The van der Waals surface area contributed by atoms with Gasteiger partial charge in [0.1, 0.15) is 67.1 Å². The van der Waals surface area contributed by atoms with E-state index in [9.17, 15) is 35.7 Å². The van der Waals surface area contributed by atoms with Crippen molar-refractivity contribution in [1.82, 2.24) is 0 Å². The van der Waals surface area contributed by atoms with Gasteiger partial charge in [0.2, 0.25) is 0 Å². The van der Waals surface area contributed by atoms with Crippen LogP contribution in [0.5, 0.6) is 0 Å². The Kier molecular flexibility index (Phi) is 12.1. The molecule has 0 aromatic heterocycles. The summed E-state index contributed by atoms with van der Waals surface area (Å²) in [7, 11) is 1.32. The molecule has 19 atom stereocenters. The summed E-state index contributed by atoms with van der Waals surface area (Å²) in [5.41, 5.74) is 30.2. The normalized spacial score (nSPS) is 52.8. The average molecular weight is 630 g/mol. The summed E-state index contributed by atoms with van der Waals surface area (Å²) in [6.07, 6.45) is -18.8. The van der Waals surface area contributed by atoms with Gasteiger partial charge in [-0.2, -0.15) is 0 Å². The molecule has 17 N–H and O–H groups in total. The van der Waals surface area contributed by atoms with Crippen LogP contribution < -0.4 is 28.7 Å². The molecule has 1 aliphatic carbocycles. The number of ether oxygens (including phenoxy) is 7. The van der Waals surface area contributed by atoms with Gasteiger partial charge < -0.3 is 97.6 Å². The lowest BCUT2D eigenvalue weighted by atomic mass is 9.84. The van der Waals surface area contributed by atoms with E-state index < -0.39 is 129 Å². The first-order chi connectivity index (χ1) is 20.4. The summed E-state index contributed by atoms with van der Waals surface area (Å²) in [6, 6.07) is -4.14. The van der Waals surface area contributed by atoms with Crippen LogP contribution in [0.15, 0.2) is 0 Å². The highest BCUT2D eigenvalue weighted by molar-refractivity contribution is 5.02. The number of nitrogens with two attached hydrogens (primary N) is 5. The van der Waals surface area contributed by atoms with Gasteiger partial charge in [0.25, 0.3) is 0 Å². The Balaban J connectivity index is 1.53. The van der Waals surface area contributed by atoms with Crippen LogP contribution in [0.2, 0.25) is 0 Å². The van der Waals surface area contributed by atoms with Gasteiger partial charge in [0, 0.05) is 25.7 Å². The van der Waals surface area contributed by atoms with E-state index in [1.165, 1.54) is 7.11 Å². The summed E-state index contributed by atoms with van der Waals surface area (Å²) in [4.78, 5) is 0. The minimum atomic E-state index is -1.51. The van der Waals surface area contributed by atoms with E-state index in [0.717, 1.165) is 0 Å². The summed E-state index contributed by atoms with van der Waals surface area (Å²) in [5.74, 6) is 0. The van der Waals surface area contributed by atoms with Crippen molar-refractivity contribution in [3.8, 4) is 0 Å². The minimum Gasteiger partial charge on any atom is -0.394 e. The van der Waals surface area contributed by atoms with Gasteiger partial charge >= 0.3 is 0 Å². The van der Waals surface area contributed by atoms with Crippen LogP contribution >= 0.6 is 0 Å². The van der Waals surface area contributed by atoms with Gasteiger partial charge in [0.05, 0.1) is 31.4 Å². The molecule has 0 aromatic rings. The lowest BCUT2D eigenvalue weighted by Crippen LogP contribution is -2.68. The number of methoxy groups -OCH3 is 1. The van der Waals surface area contributed by atoms with E-state index in [4.69, 9.17) is 61.8 Å². The second-order valence-electron chi connectivity index (χ2n) is 11.4. The second kappa shape index (κ2) is 14.8. The van der Waals surface area contributed by atoms with E-state index in [-0.39, 0.29) is 13.0 Å². The molecular formula is C24H47N5O14. The van der Waals surface area contributed by atoms with Crippen molar-refractivity contribution in [3.05, 3.63) is 0 Å². The molecule has 0 radical (unpaired) electrons. The van der Waals surface area contributed by atoms with Crippen LogP contribution in [0.25, 0.3) is 0 Å². The smallest absolute Gasteiger partial charge is 0.187 e. The maximum Gasteiger partial charge on any atom is 0.187 e. The first kappa shape index (κ1) is 35.1. The van der Waals surface area contributed by atoms with Crippen molar-refractivity contribution in [3.63, 3.8) is 0 Å². The largest absolute Gasteiger partial charge is 0.394 e. The van der Waals surface area contributed by atoms with Crippen molar-refractivity contribution >= 4 is 0 Å². The van der Waals surface area contributed by atoms with Crippen LogP contribution in [-0.4, -0.2) is 179 Å². The Bertz CT molecular complexity index is 882. The van der Waals surface area contributed by atoms with E-state index in [1.807, 2.05) is 0 Å². The molecule has 0 amide bonds. The SMILES string of the molecule is CO[C@@H]1C(OC2[C@H](O[C@@H]3OC(CO)[C@@H](O)[C@H](O)C3N)C(N)C[C@@H](N)[C@H]2O)OC(CO)[C@@H]1O[C@H]1O[C@@H](CN)[C@@H](O)C(O)C1N. The highest BCUT2D eigenvalue weighted by Crippen LogP contribution is 2.35. The third kappa shape index (κ3) is 7.00. The fraction of sp³-hybridized carbons (Fsp3) is 1.00. The molecule has 4 fully saturated rings. The zero-order valence-corrected chi connectivity index (χ0v) is 23.7. The zero-order chi connectivity index (χ0) is 31.7. The van der Waals surface area contributed by atoms with Gasteiger partial charge in [-0.1, -0.05) is 0 Å². The van der Waals surface area contributed by atoms with Crippen molar-refractivity contribution in [2.45, 2.75) is 123 Å². The van der Waals surface area contributed by atoms with Gasteiger partial charge in [-0.15, -0.1) is 0 Å². The predicted octanol–water partition coefficient (Wildman–Crippen LogP) is -8.21. The number of rotatable bonds is 10. The molecule has 19 heteroatoms. The molecular weight excluding hydrogens is 582 g/mol. The predicted molar refractivity (Wildman–Crippen MR) is 141 cm³/mol. The number of hydrogen-bond donors (Lipinski definition) is 12. The molecule has 0 aromatic carbocycles. The number of aliphatic hydroxyl groups excluding tert-OH is 7. The maximum atomic E-state index is 11.1. The van der Waals surface area contributed by atoms with Crippen LogP contribution in [0.1, 0.15) is 6.42 Å². The molecule has 4 aliphatic rings. The standard InChI is InChI=1S/C24H47N5O14/c1-37-21-19(42-22-11(28)16(35)14(33)8(3-25)38-22)10(5-31)40-24(21)43-20-13(32)6(26)2-7(27)18(20)41-23-12(29)17(36)15(34)9(4-30)39-23/h6-24,30-36H,2-5,25-29H2,1H3/t6-,7?,8+,9?,10?,11?,12?,13-,14-,15-,16?,17-,18-,19+,20?,21+,22-,23+,24?/m1/s1. The van der Waals surface area contributed by atoms with Gasteiger partial charge in [-0.3, -0.25) is 0 Å². The van der Waals surface area contributed by atoms with Crippen molar-refractivity contribution in [1.29, 1.82) is 0 Å². The molecule has 43 heavy (non-hydrogen) atoms. The summed E-state index contributed by atoms with van der Waals surface area (Å²) >= 11 is 0. The number of hydrogen-bond acceptors (Lipinski definition) is 19. The van der Waals surface area contributed by atoms with Crippen LogP contribution in [0.4, 0.5) is 0 Å². The molecule has 0 spiro atoms. The van der Waals surface area contributed by atoms with Crippen LogP contribution in [0.3, 0.4) is 0 Å². The summed E-state index contributed by atoms with van der Waals surface area (Å²) in [6.45, 7) is -1.35. The monoisotopic (exact) mass is 629 g/mol. The minimum absolute atomic E-state index is 0.0971. The van der Waals surface area contributed by atoms with Crippen LogP contribution in [0, 0.1) is 0 Å². The molecule has 252 valence electrons. The van der Waals surface area contributed by atoms with Gasteiger partial charge in [0.15, 0.2) is 18.9 Å². The Morgan fingerprint density at radius 2 is 1.07 bits per heavy atom. The molecule has 4 rings (SSSR count). The molecule has 3 saturated heterocycles. The molecule has 1 saturated carbocycles. The first-order valence-corrected chi connectivity index (χ1v) is 14.2. The van der Waals surface area contributed by atoms with E-state index in [1.54, 1.807) is 0 Å². The third-order valence-corrected chi connectivity index (χ3v) is 8.57. The summed E-state index contributed by atoms with van der Waals surface area (Å²) in [5, 5.41) is 71.8. The topological polar surface area (TPSA) is 336 Å². The van der Waals surface area contributed by atoms with Crippen molar-refractivity contribution < 1.29 is 68.9 Å². The molecule has 3 heterocycles. The molecule has 3 aliphatic heterocycles. The quantitative estimate of drug-likeness (QED) is 0.107. The fourth-order valence-electron chi connectivity index (χ4n) is 5.93. The number of aliphatic hydroxyl groups is 7.